The number of carboxylic acid groups (broad SMARTS) is 1. The molecule has 7 heteroatoms. The van der Waals surface area contributed by atoms with E-state index in [-0.39, 0.29) is 19.6 Å². The number of carbonyl (C=O) groups excluding carboxylic acids is 2. The predicted octanol–water partition coefficient (Wildman–Crippen LogP) is -1.15. The van der Waals surface area contributed by atoms with Gasteiger partial charge >= 0.3 is 6.09 Å². The molecule has 1 fully saturated rings. The van der Waals surface area contributed by atoms with Crippen LogP contribution in [0, 0.1) is 0 Å². The molecule has 16 heavy (non-hydrogen) atoms. The van der Waals surface area contributed by atoms with Crippen molar-refractivity contribution < 1.29 is 19.5 Å². The van der Waals surface area contributed by atoms with Gasteiger partial charge in [-0.1, -0.05) is 6.58 Å². The molecule has 0 bridgehead atoms. The van der Waals surface area contributed by atoms with Crippen LogP contribution in [-0.2, 0) is 9.59 Å². The van der Waals surface area contributed by atoms with Crippen LogP contribution in [-0.4, -0.2) is 58.5 Å². The van der Waals surface area contributed by atoms with Gasteiger partial charge in [0.15, 0.2) is 0 Å². The molecule has 88 valence electrons. The van der Waals surface area contributed by atoms with Crippen LogP contribution >= 0.6 is 0 Å². The molecule has 0 aromatic heterocycles. The van der Waals surface area contributed by atoms with Crippen molar-refractivity contribution in [3.8, 4) is 0 Å². The normalized spacial score (nSPS) is 20.4. The Morgan fingerprint density at radius 3 is 2.44 bits per heavy atom. The maximum Gasteiger partial charge on any atom is 0.407 e. The van der Waals surface area contributed by atoms with Crippen LogP contribution in [0.25, 0.3) is 0 Å². The molecular formula is C9H13N3O4. The molecule has 3 N–H and O–H groups in total. The fraction of sp³-hybridized carbons (Fsp3) is 0.444. The number of primary amides is 1. The summed E-state index contributed by atoms with van der Waals surface area (Å²) in [5, 5.41) is 8.77. The topological polar surface area (TPSA) is 104 Å². The minimum absolute atomic E-state index is 0.0930. The van der Waals surface area contributed by atoms with E-state index in [4.69, 9.17) is 10.8 Å². The molecule has 7 nitrogen and oxygen atoms in total. The number of nitrogens with two attached hydrogens (primary N) is 1. The SMILES string of the molecule is C=CC(=O)N1CCN(C(=O)O)CC1C(N)=O. The molecule has 1 atom stereocenters. The smallest absolute Gasteiger partial charge is 0.407 e. The van der Waals surface area contributed by atoms with Crippen molar-refractivity contribution >= 4 is 17.9 Å². The second-order valence-corrected chi connectivity index (χ2v) is 3.38. The second kappa shape index (κ2) is 4.65. The van der Waals surface area contributed by atoms with Crippen LogP contribution in [0.5, 0.6) is 0 Å². The van der Waals surface area contributed by atoms with E-state index in [1.54, 1.807) is 0 Å². The Kier molecular flexibility index (Phi) is 3.49. The van der Waals surface area contributed by atoms with Crippen LogP contribution in [0.3, 0.4) is 0 Å². The predicted molar refractivity (Wildman–Crippen MR) is 54.5 cm³/mol. The van der Waals surface area contributed by atoms with E-state index in [0.717, 1.165) is 11.0 Å². The Bertz CT molecular complexity index is 342. The summed E-state index contributed by atoms with van der Waals surface area (Å²) in [5.74, 6) is -1.14. The van der Waals surface area contributed by atoms with Crippen molar-refractivity contribution in [3.05, 3.63) is 12.7 Å². The van der Waals surface area contributed by atoms with Gasteiger partial charge in [0, 0.05) is 13.1 Å². The van der Waals surface area contributed by atoms with E-state index in [1.165, 1.54) is 4.90 Å². The maximum atomic E-state index is 11.4. The largest absolute Gasteiger partial charge is 0.465 e. The Hall–Kier alpha value is -2.05. The lowest BCUT2D eigenvalue weighted by atomic mass is 10.1. The highest BCUT2D eigenvalue weighted by Crippen LogP contribution is 2.10. The third kappa shape index (κ3) is 2.30. The molecule has 0 aromatic carbocycles. The van der Waals surface area contributed by atoms with Crippen molar-refractivity contribution in [2.24, 2.45) is 5.73 Å². The number of hydrogen-bond acceptors (Lipinski definition) is 3. The second-order valence-electron chi connectivity index (χ2n) is 3.38. The van der Waals surface area contributed by atoms with Crippen molar-refractivity contribution in [3.63, 3.8) is 0 Å². The summed E-state index contributed by atoms with van der Waals surface area (Å²) >= 11 is 0. The lowest BCUT2D eigenvalue weighted by molar-refractivity contribution is -0.138. The van der Waals surface area contributed by atoms with Gasteiger partial charge in [-0.15, -0.1) is 0 Å². The van der Waals surface area contributed by atoms with Gasteiger partial charge < -0.3 is 20.6 Å². The van der Waals surface area contributed by atoms with Crippen molar-refractivity contribution in [1.29, 1.82) is 0 Å². The molecular weight excluding hydrogens is 214 g/mol. The average Bonchev–Trinajstić information content (AvgIpc) is 2.26. The van der Waals surface area contributed by atoms with Gasteiger partial charge in [0.25, 0.3) is 0 Å². The zero-order chi connectivity index (χ0) is 12.3. The molecule has 0 aliphatic carbocycles. The minimum atomic E-state index is -1.13. The molecule has 1 unspecified atom stereocenters. The van der Waals surface area contributed by atoms with E-state index in [9.17, 15) is 14.4 Å². The van der Waals surface area contributed by atoms with Gasteiger partial charge in [-0.25, -0.2) is 4.79 Å². The van der Waals surface area contributed by atoms with Crippen LogP contribution in [0.4, 0.5) is 4.79 Å². The monoisotopic (exact) mass is 227 g/mol. The number of carbonyl (C=O) groups is 3. The quantitative estimate of drug-likeness (QED) is 0.581. The maximum absolute atomic E-state index is 11.4. The standard InChI is InChI=1S/C9H13N3O4/c1-2-7(13)12-4-3-11(9(15)16)5-6(12)8(10)14/h2,6H,1,3-5H2,(H2,10,14)(H,15,16). The molecule has 1 aliphatic rings. The number of rotatable bonds is 2. The Labute approximate surface area is 92.1 Å². The fourth-order valence-electron chi connectivity index (χ4n) is 1.58. The summed E-state index contributed by atoms with van der Waals surface area (Å²) in [6.07, 6.45) is -0.0521. The molecule has 1 saturated heterocycles. The lowest BCUT2D eigenvalue weighted by Gasteiger charge is -2.38. The van der Waals surface area contributed by atoms with Gasteiger partial charge in [-0.3, -0.25) is 9.59 Å². The number of hydrogen-bond donors (Lipinski definition) is 2. The summed E-state index contributed by atoms with van der Waals surface area (Å²) in [5.41, 5.74) is 5.13. The van der Waals surface area contributed by atoms with E-state index in [2.05, 4.69) is 6.58 Å². The summed E-state index contributed by atoms with van der Waals surface area (Å²) < 4.78 is 0. The van der Waals surface area contributed by atoms with E-state index < -0.39 is 23.9 Å². The number of piperazine rings is 1. The molecule has 1 rings (SSSR count). The summed E-state index contributed by atoms with van der Waals surface area (Å²) in [6, 6.07) is -0.921. The molecule has 1 heterocycles. The first-order valence-electron chi connectivity index (χ1n) is 4.67. The first-order valence-corrected chi connectivity index (χ1v) is 4.67. The molecule has 1 aliphatic heterocycles. The van der Waals surface area contributed by atoms with Crippen molar-refractivity contribution in [2.45, 2.75) is 6.04 Å². The molecule has 0 aromatic rings. The van der Waals surface area contributed by atoms with Crippen LogP contribution in [0.2, 0.25) is 0 Å². The zero-order valence-electron chi connectivity index (χ0n) is 8.63. The fourth-order valence-corrected chi connectivity index (χ4v) is 1.58. The van der Waals surface area contributed by atoms with Crippen molar-refractivity contribution in [2.75, 3.05) is 19.6 Å². The van der Waals surface area contributed by atoms with Gasteiger partial charge in [-0.05, 0) is 6.08 Å². The Balaban J connectivity index is 2.83. The highest BCUT2D eigenvalue weighted by atomic mass is 16.4. The first-order chi connectivity index (χ1) is 7.47. The number of nitrogens with zero attached hydrogens (tertiary/aromatic N) is 2. The van der Waals surface area contributed by atoms with E-state index in [0.29, 0.717) is 0 Å². The van der Waals surface area contributed by atoms with Gasteiger partial charge in [0.2, 0.25) is 11.8 Å². The van der Waals surface area contributed by atoms with Crippen LogP contribution in [0.15, 0.2) is 12.7 Å². The molecule has 3 amide bonds. The highest BCUT2D eigenvalue weighted by Gasteiger charge is 2.34. The third-order valence-corrected chi connectivity index (χ3v) is 2.44. The number of amides is 3. The van der Waals surface area contributed by atoms with Crippen LogP contribution in [0.1, 0.15) is 0 Å². The minimum Gasteiger partial charge on any atom is -0.465 e. The lowest BCUT2D eigenvalue weighted by Crippen LogP contribution is -2.60. The molecule has 0 saturated carbocycles. The van der Waals surface area contributed by atoms with Crippen LogP contribution < -0.4 is 5.73 Å². The van der Waals surface area contributed by atoms with Gasteiger partial charge in [0.1, 0.15) is 6.04 Å². The highest BCUT2D eigenvalue weighted by molar-refractivity contribution is 5.92. The van der Waals surface area contributed by atoms with Crippen molar-refractivity contribution in [1.82, 2.24) is 9.80 Å². The van der Waals surface area contributed by atoms with Gasteiger partial charge in [-0.2, -0.15) is 0 Å². The average molecular weight is 227 g/mol. The zero-order valence-corrected chi connectivity index (χ0v) is 8.63. The summed E-state index contributed by atoms with van der Waals surface area (Å²) in [7, 11) is 0. The molecule has 0 radical (unpaired) electrons. The summed E-state index contributed by atoms with van der Waals surface area (Å²) in [6.45, 7) is 3.53. The Morgan fingerprint density at radius 1 is 1.38 bits per heavy atom. The molecule has 0 spiro atoms. The van der Waals surface area contributed by atoms with E-state index in [1.807, 2.05) is 0 Å². The van der Waals surface area contributed by atoms with Gasteiger partial charge in [0.05, 0.1) is 6.54 Å². The first kappa shape index (κ1) is 12.0. The summed E-state index contributed by atoms with van der Waals surface area (Å²) in [4.78, 5) is 35.5. The third-order valence-electron chi connectivity index (χ3n) is 2.44. The van der Waals surface area contributed by atoms with E-state index >= 15 is 0 Å². The Morgan fingerprint density at radius 2 is 2.00 bits per heavy atom.